The van der Waals surface area contributed by atoms with Crippen LogP contribution in [0.2, 0.25) is 0 Å². The average Bonchev–Trinajstić information content (AvgIpc) is 2.34. The highest BCUT2D eigenvalue weighted by molar-refractivity contribution is 7.87. The number of nitrogens with zero attached hydrogens (tertiary/aromatic N) is 1. The molecule has 0 saturated carbocycles. The van der Waals surface area contributed by atoms with Gasteiger partial charge in [-0.3, -0.25) is 9.17 Å². The summed E-state index contributed by atoms with van der Waals surface area (Å²) >= 11 is 0. The van der Waals surface area contributed by atoms with Gasteiger partial charge in [0.05, 0.1) is 5.52 Å². The Kier molecular flexibility index (Phi) is 3.70. The Morgan fingerprint density at radius 3 is 2.65 bits per heavy atom. The minimum absolute atomic E-state index is 0.0836. The molecule has 0 saturated heterocycles. The van der Waals surface area contributed by atoms with Crippen LogP contribution in [0.25, 0.3) is 10.9 Å². The minimum Gasteiger partial charge on any atom is -0.257 e. The molecule has 0 bridgehead atoms. The summed E-state index contributed by atoms with van der Waals surface area (Å²) in [5.74, 6) is 0. The quantitative estimate of drug-likeness (QED) is 0.818. The van der Waals surface area contributed by atoms with Crippen molar-refractivity contribution in [2.45, 2.75) is 18.0 Å². The fourth-order valence-corrected chi connectivity index (χ4v) is 2.72. The number of aromatic nitrogens is 1. The molecular formula is C12H10F3NO3S. The second kappa shape index (κ2) is 5.02. The van der Waals surface area contributed by atoms with Crippen molar-refractivity contribution in [2.75, 3.05) is 6.61 Å². The first-order chi connectivity index (χ1) is 9.19. The molecule has 0 N–H and O–H groups in total. The van der Waals surface area contributed by atoms with E-state index in [-0.39, 0.29) is 10.4 Å². The molecular weight excluding hydrogens is 295 g/mol. The van der Waals surface area contributed by atoms with Gasteiger partial charge < -0.3 is 0 Å². The maximum absolute atomic E-state index is 12.1. The molecule has 0 fully saturated rings. The van der Waals surface area contributed by atoms with Gasteiger partial charge >= 0.3 is 6.18 Å². The van der Waals surface area contributed by atoms with E-state index >= 15 is 0 Å². The van der Waals surface area contributed by atoms with Gasteiger partial charge in [0.15, 0.2) is 6.61 Å². The zero-order valence-electron chi connectivity index (χ0n) is 10.3. The molecule has 8 heteroatoms. The van der Waals surface area contributed by atoms with Gasteiger partial charge in [-0.1, -0.05) is 12.1 Å². The number of halogens is 3. The van der Waals surface area contributed by atoms with Gasteiger partial charge in [-0.25, -0.2) is 0 Å². The van der Waals surface area contributed by atoms with Crippen molar-refractivity contribution in [1.29, 1.82) is 0 Å². The maximum Gasteiger partial charge on any atom is 0.413 e. The molecule has 0 amide bonds. The van der Waals surface area contributed by atoms with Gasteiger partial charge in [0.25, 0.3) is 10.1 Å². The number of rotatable bonds is 3. The number of pyridine rings is 1. The Labute approximate surface area is 113 Å². The highest BCUT2D eigenvalue weighted by Gasteiger charge is 2.32. The largest absolute Gasteiger partial charge is 0.413 e. The summed E-state index contributed by atoms with van der Waals surface area (Å²) < 4.78 is 63.8. The fourth-order valence-electron chi connectivity index (χ4n) is 1.65. The van der Waals surface area contributed by atoms with Crippen LogP contribution in [0.15, 0.2) is 35.4 Å². The molecule has 20 heavy (non-hydrogen) atoms. The molecule has 2 aromatic rings. The monoisotopic (exact) mass is 305 g/mol. The topological polar surface area (TPSA) is 56.3 Å². The van der Waals surface area contributed by atoms with Crippen molar-refractivity contribution in [3.05, 3.63) is 36.0 Å². The smallest absolute Gasteiger partial charge is 0.257 e. The maximum atomic E-state index is 12.1. The number of aryl methyl sites for hydroxylation is 1. The third kappa shape index (κ3) is 3.26. The van der Waals surface area contributed by atoms with Crippen LogP contribution < -0.4 is 0 Å². The number of benzene rings is 1. The number of para-hydroxylation sites is 1. The van der Waals surface area contributed by atoms with E-state index < -0.39 is 22.9 Å². The summed E-state index contributed by atoms with van der Waals surface area (Å²) in [6.07, 6.45) is -3.28. The lowest BCUT2D eigenvalue weighted by atomic mass is 10.2. The van der Waals surface area contributed by atoms with Gasteiger partial charge in [-0.15, -0.1) is 0 Å². The molecule has 1 heterocycles. The molecule has 1 aromatic heterocycles. The highest BCUT2D eigenvalue weighted by atomic mass is 32.2. The van der Waals surface area contributed by atoms with Gasteiger partial charge in [-0.2, -0.15) is 21.6 Å². The van der Waals surface area contributed by atoms with Crippen molar-refractivity contribution in [3.63, 3.8) is 0 Å². The van der Waals surface area contributed by atoms with E-state index in [1.165, 1.54) is 12.3 Å². The molecule has 0 aliphatic carbocycles. The standard InChI is InChI=1S/C12H10F3NO3S/c1-8-5-9-3-2-4-10(11(9)16-6-8)20(17,18)19-7-12(13,14)15/h2-6H,7H2,1H3. The fraction of sp³-hybridized carbons (Fsp3) is 0.250. The number of hydrogen-bond donors (Lipinski definition) is 0. The third-order valence-electron chi connectivity index (χ3n) is 2.46. The molecule has 4 nitrogen and oxygen atoms in total. The van der Waals surface area contributed by atoms with E-state index in [2.05, 4.69) is 9.17 Å². The molecule has 0 spiro atoms. The van der Waals surface area contributed by atoms with Crippen LogP contribution in [-0.2, 0) is 14.3 Å². The van der Waals surface area contributed by atoms with E-state index in [1.54, 1.807) is 19.1 Å². The molecule has 0 atom stereocenters. The van der Waals surface area contributed by atoms with Crippen molar-refractivity contribution < 1.29 is 25.8 Å². The van der Waals surface area contributed by atoms with Crippen molar-refractivity contribution in [2.24, 2.45) is 0 Å². The Balaban J connectivity index is 2.47. The first-order valence-electron chi connectivity index (χ1n) is 5.51. The Bertz CT molecular complexity index is 741. The summed E-state index contributed by atoms with van der Waals surface area (Å²) in [4.78, 5) is 3.58. The van der Waals surface area contributed by atoms with E-state index in [0.717, 1.165) is 11.6 Å². The predicted molar refractivity (Wildman–Crippen MR) is 65.7 cm³/mol. The zero-order chi connectivity index (χ0) is 15.0. The van der Waals surface area contributed by atoms with E-state index in [9.17, 15) is 21.6 Å². The molecule has 1 aromatic carbocycles. The summed E-state index contributed by atoms with van der Waals surface area (Å²) in [6.45, 7) is -0.0919. The van der Waals surface area contributed by atoms with Crippen LogP contribution in [0, 0.1) is 6.92 Å². The normalized spacial score (nSPS) is 12.8. The average molecular weight is 305 g/mol. The number of alkyl halides is 3. The first-order valence-corrected chi connectivity index (χ1v) is 6.91. The van der Waals surface area contributed by atoms with Crippen LogP contribution in [0.4, 0.5) is 13.2 Å². The van der Waals surface area contributed by atoms with Crippen molar-refractivity contribution >= 4 is 21.0 Å². The van der Waals surface area contributed by atoms with E-state index in [0.29, 0.717) is 5.39 Å². The molecule has 0 aliphatic heterocycles. The van der Waals surface area contributed by atoms with Crippen LogP contribution in [0.5, 0.6) is 0 Å². The van der Waals surface area contributed by atoms with E-state index in [1.807, 2.05) is 0 Å². The molecule has 0 unspecified atom stereocenters. The lowest BCUT2D eigenvalue weighted by Crippen LogP contribution is -2.20. The van der Waals surface area contributed by atoms with Gasteiger partial charge in [0, 0.05) is 11.6 Å². The third-order valence-corrected chi connectivity index (χ3v) is 3.75. The van der Waals surface area contributed by atoms with Gasteiger partial charge in [-0.05, 0) is 24.6 Å². The van der Waals surface area contributed by atoms with Crippen LogP contribution in [0.1, 0.15) is 5.56 Å². The van der Waals surface area contributed by atoms with E-state index in [4.69, 9.17) is 0 Å². The summed E-state index contributed by atoms with van der Waals surface area (Å²) in [7, 11) is -4.52. The van der Waals surface area contributed by atoms with Crippen LogP contribution >= 0.6 is 0 Å². The molecule has 0 aliphatic rings. The van der Waals surface area contributed by atoms with Crippen LogP contribution in [-0.4, -0.2) is 26.2 Å². The zero-order valence-corrected chi connectivity index (χ0v) is 11.1. The SMILES string of the molecule is Cc1cnc2c(S(=O)(=O)OCC(F)(F)F)cccc2c1. The van der Waals surface area contributed by atoms with Gasteiger partial charge in [0.2, 0.25) is 0 Å². The second-order valence-corrected chi connectivity index (χ2v) is 5.76. The lowest BCUT2D eigenvalue weighted by molar-refractivity contribution is -0.152. The Morgan fingerprint density at radius 1 is 1.30 bits per heavy atom. The van der Waals surface area contributed by atoms with Crippen LogP contribution in [0.3, 0.4) is 0 Å². The van der Waals surface area contributed by atoms with Crippen molar-refractivity contribution in [3.8, 4) is 0 Å². The lowest BCUT2D eigenvalue weighted by Gasteiger charge is -2.10. The summed E-state index contributed by atoms with van der Waals surface area (Å²) in [6, 6.07) is 5.90. The number of hydrogen-bond acceptors (Lipinski definition) is 4. The predicted octanol–water partition coefficient (Wildman–Crippen LogP) is 2.81. The molecule has 2 rings (SSSR count). The number of fused-ring (bicyclic) bond motifs is 1. The first kappa shape index (κ1) is 14.7. The highest BCUT2D eigenvalue weighted by Crippen LogP contribution is 2.25. The second-order valence-electron chi connectivity index (χ2n) is 4.17. The Hall–Kier alpha value is -1.67. The van der Waals surface area contributed by atoms with Crippen molar-refractivity contribution in [1.82, 2.24) is 4.98 Å². The molecule has 108 valence electrons. The van der Waals surface area contributed by atoms with Gasteiger partial charge in [0.1, 0.15) is 4.90 Å². The molecule has 0 radical (unpaired) electrons. The minimum atomic E-state index is -4.72. The Morgan fingerprint density at radius 2 is 2.00 bits per heavy atom. The summed E-state index contributed by atoms with van der Waals surface area (Å²) in [5.41, 5.74) is 0.892. The summed E-state index contributed by atoms with van der Waals surface area (Å²) in [5, 5.41) is 0.515.